The third-order valence-electron chi connectivity index (χ3n) is 3.03. The van der Waals surface area contributed by atoms with Gasteiger partial charge in [0.05, 0.1) is 0 Å². The fourth-order valence-electron chi connectivity index (χ4n) is 2.08. The monoisotopic (exact) mass is 242 g/mol. The minimum atomic E-state index is 0.0196. The van der Waals surface area contributed by atoms with Crippen LogP contribution in [0.25, 0.3) is 10.8 Å². The molecular weight excluding hydrogens is 224 g/mol. The van der Waals surface area contributed by atoms with Gasteiger partial charge in [0.15, 0.2) is 0 Å². The Labute approximate surface area is 107 Å². The summed E-state index contributed by atoms with van der Waals surface area (Å²) in [5, 5.41) is 8.46. The number of fused-ring (bicyclic) bond motifs is 1. The standard InChI is InChI=1S/C15H18N2O/c1-11(18)17-9-8-13-5-3-4-12-6-7-14(16-2)10-15(12)13/h3-7,10,16H,8-9H2,1-2H3,(H,17,18). The quantitative estimate of drug-likeness (QED) is 0.865. The average molecular weight is 242 g/mol. The fourth-order valence-corrected chi connectivity index (χ4v) is 2.08. The molecule has 2 aromatic carbocycles. The lowest BCUT2D eigenvalue weighted by Crippen LogP contribution is -2.22. The van der Waals surface area contributed by atoms with Gasteiger partial charge in [-0.1, -0.05) is 24.3 Å². The third kappa shape index (κ3) is 2.80. The van der Waals surface area contributed by atoms with Crippen LogP contribution in [-0.4, -0.2) is 19.5 Å². The maximum atomic E-state index is 10.9. The molecule has 3 heteroatoms. The highest BCUT2D eigenvalue weighted by molar-refractivity contribution is 5.88. The smallest absolute Gasteiger partial charge is 0.216 e. The summed E-state index contributed by atoms with van der Waals surface area (Å²) in [5.41, 5.74) is 2.37. The molecule has 3 nitrogen and oxygen atoms in total. The van der Waals surface area contributed by atoms with E-state index in [0.717, 1.165) is 12.1 Å². The number of benzene rings is 2. The number of rotatable bonds is 4. The van der Waals surface area contributed by atoms with Crippen LogP contribution in [0.3, 0.4) is 0 Å². The summed E-state index contributed by atoms with van der Waals surface area (Å²) in [7, 11) is 1.92. The van der Waals surface area contributed by atoms with Crippen LogP contribution in [0, 0.1) is 0 Å². The maximum absolute atomic E-state index is 10.9. The summed E-state index contributed by atoms with van der Waals surface area (Å²) in [6.45, 7) is 2.22. The molecule has 18 heavy (non-hydrogen) atoms. The molecule has 0 heterocycles. The summed E-state index contributed by atoms with van der Waals surface area (Å²) in [5.74, 6) is 0.0196. The first-order valence-electron chi connectivity index (χ1n) is 6.14. The van der Waals surface area contributed by atoms with Crippen LogP contribution >= 0.6 is 0 Å². The van der Waals surface area contributed by atoms with Crippen LogP contribution in [-0.2, 0) is 11.2 Å². The summed E-state index contributed by atoms with van der Waals surface area (Å²) < 4.78 is 0. The zero-order valence-corrected chi connectivity index (χ0v) is 10.8. The van der Waals surface area contributed by atoms with Gasteiger partial charge in [0, 0.05) is 26.2 Å². The fraction of sp³-hybridized carbons (Fsp3) is 0.267. The molecule has 0 radical (unpaired) electrons. The highest BCUT2D eigenvalue weighted by Gasteiger charge is 2.02. The van der Waals surface area contributed by atoms with Gasteiger partial charge in [0.1, 0.15) is 0 Å². The van der Waals surface area contributed by atoms with Crippen molar-refractivity contribution in [2.45, 2.75) is 13.3 Å². The summed E-state index contributed by atoms with van der Waals surface area (Å²) in [4.78, 5) is 10.9. The average Bonchev–Trinajstić information content (AvgIpc) is 2.38. The molecule has 0 spiro atoms. The minimum absolute atomic E-state index is 0.0196. The first-order valence-corrected chi connectivity index (χ1v) is 6.14. The van der Waals surface area contributed by atoms with E-state index in [1.807, 2.05) is 7.05 Å². The molecule has 1 amide bonds. The normalized spacial score (nSPS) is 10.3. The first kappa shape index (κ1) is 12.4. The number of amides is 1. The van der Waals surface area contributed by atoms with Gasteiger partial charge < -0.3 is 10.6 Å². The van der Waals surface area contributed by atoms with Crippen LogP contribution in [0.15, 0.2) is 36.4 Å². The van der Waals surface area contributed by atoms with E-state index < -0.39 is 0 Å². The topological polar surface area (TPSA) is 41.1 Å². The van der Waals surface area contributed by atoms with Crippen LogP contribution in [0.2, 0.25) is 0 Å². The Balaban J connectivity index is 2.28. The molecule has 0 aliphatic rings. The second-order valence-electron chi connectivity index (χ2n) is 4.34. The van der Waals surface area contributed by atoms with Crippen molar-refractivity contribution >= 4 is 22.4 Å². The number of carbonyl (C=O) groups excluding carboxylic acids is 1. The molecular formula is C15H18N2O. The van der Waals surface area contributed by atoms with Crippen LogP contribution < -0.4 is 10.6 Å². The van der Waals surface area contributed by atoms with Crippen molar-refractivity contribution in [3.63, 3.8) is 0 Å². The molecule has 2 rings (SSSR count). The van der Waals surface area contributed by atoms with Gasteiger partial charge in [-0.25, -0.2) is 0 Å². The van der Waals surface area contributed by atoms with Crippen molar-refractivity contribution < 1.29 is 4.79 Å². The largest absolute Gasteiger partial charge is 0.388 e. The molecule has 0 saturated heterocycles. The van der Waals surface area contributed by atoms with Crippen molar-refractivity contribution in [1.29, 1.82) is 0 Å². The van der Waals surface area contributed by atoms with E-state index in [9.17, 15) is 4.79 Å². The Morgan fingerprint density at radius 3 is 2.78 bits per heavy atom. The SMILES string of the molecule is CNc1ccc2cccc(CCNC(C)=O)c2c1. The summed E-state index contributed by atoms with van der Waals surface area (Å²) >= 11 is 0. The van der Waals surface area contributed by atoms with Gasteiger partial charge in [-0.3, -0.25) is 4.79 Å². The molecule has 0 aliphatic carbocycles. The molecule has 2 N–H and O–H groups in total. The van der Waals surface area contributed by atoms with Crippen LogP contribution in [0.1, 0.15) is 12.5 Å². The van der Waals surface area contributed by atoms with Gasteiger partial charge in [-0.15, -0.1) is 0 Å². The third-order valence-corrected chi connectivity index (χ3v) is 3.03. The highest BCUT2D eigenvalue weighted by Crippen LogP contribution is 2.22. The van der Waals surface area contributed by atoms with Crippen molar-refractivity contribution in [3.05, 3.63) is 42.0 Å². The Hall–Kier alpha value is -2.03. The Bertz CT molecular complexity index is 563. The minimum Gasteiger partial charge on any atom is -0.388 e. The van der Waals surface area contributed by atoms with Gasteiger partial charge >= 0.3 is 0 Å². The van der Waals surface area contributed by atoms with Crippen LogP contribution in [0.5, 0.6) is 0 Å². The lowest BCUT2D eigenvalue weighted by Gasteiger charge is -2.09. The first-order chi connectivity index (χ1) is 8.70. The second kappa shape index (κ2) is 5.54. The van der Waals surface area contributed by atoms with E-state index in [0.29, 0.717) is 6.54 Å². The van der Waals surface area contributed by atoms with Crippen molar-refractivity contribution in [3.8, 4) is 0 Å². The Morgan fingerprint density at radius 1 is 1.22 bits per heavy atom. The summed E-state index contributed by atoms with van der Waals surface area (Å²) in [6.07, 6.45) is 0.851. The molecule has 0 fully saturated rings. The van der Waals surface area contributed by atoms with E-state index >= 15 is 0 Å². The van der Waals surface area contributed by atoms with Crippen molar-refractivity contribution in [2.75, 3.05) is 18.9 Å². The van der Waals surface area contributed by atoms with Crippen molar-refractivity contribution in [2.24, 2.45) is 0 Å². The Kier molecular flexibility index (Phi) is 3.82. The van der Waals surface area contributed by atoms with E-state index in [-0.39, 0.29) is 5.91 Å². The number of nitrogens with one attached hydrogen (secondary N) is 2. The molecule has 0 atom stereocenters. The van der Waals surface area contributed by atoms with Gasteiger partial charge in [0.25, 0.3) is 0 Å². The van der Waals surface area contributed by atoms with Crippen molar-refractivity contribution in [1.82, 2.24) is 5.32 Å². The van der Waals surface area contributed by atoms with E-state index in [2.05, 4.69) is 47.0 Å². The van der Waals surface area contributed by atoms with Crippen LogP contribution in [0.4, 0.5) is 5.69 Å². The number of hydrogen-bond acceptors (Lipinski definition) is 2. The summed E-state index contributed by atoms with van der Waals surface area (Å²) in [6, 6.07) is 12.6. The van der Waals surface area contributed by atoms with E-state index in [4.69, 9.17) is 0 Å². The lowest BCUT2D eigenvalue weighted by atomic mass is 10.0. The Morgan fingerprint density at radius 2 is 2.06 bits per heavy atom. The molecule has 2 aromatic rings. The number of carbonyl (C=O) groups is 1. The van der Waals surface area contributed by atoms with E-state index in [1.165, 1.54) is 16.3 Å². The highest BCUT2D eigenvalue weighted by atomic mass is 16.1. The van der Waals surface area contributed by atoms with Gasteiger partial charge in [0.2, 0.25) is 5.91 Å². The maximum Gasteiger partial charge on any atom is 0.216 e. The molecule has 94 valence electrons. The predicted molar refractivity (Wildman–Crippen MR) is 75.9 cm³/mol. The lowest BCUT2D eigenvalue weighted by molar-refractivity contribution is -0.118. The van der Waals surface area contributed by atoms with Gasteiger partial charge in [-0.05, 0) is 34.9 Å². The zero-order chi connectivity index (χ0) is 13.0. The molecule has 0 saturated carbocycles. The van der Waals surface area contributed by atoms with Gasteiger partial charge in [-0.2, -0.15) is 0 Å². The van der Waals surface area contributed by atoms with E-state index in [1.54, 1.807) is 6.92 Å². The predicted octanol–water partition coefficient (Wildman–Crippen LogP) is 2.56. The number of hydrogen-bond donors (Lipinski definition) is 2. The molecule has 0 aromatic heterocycles. The number of anilines is 1. The molecule has 0 bridgehead atoms. The second-order valence-corrected chi connectivity index (χ2v) is 4.34. The molecule has 0 aliphatic heterocycles. The molecule has 0 unspecified atom stereocenters. The zero-order valence-electron chi connectivity index (χ0n) is 10.8.